The number of carboxylic acid groups (broad SMARTS) is 1. The predicted molar refractivity (Wildman–Crippen MR) is 82.6 cm³/mol. The monoisotopic (exact) mass is 319 g/mol. The van der Waals surface area contributed by atoms with Crippen LogP contribution in [0.15, 0.2) is 24.4 Å². The van der Waals surface area contributed by atoms with Crippen molar-refractivity contribution in [1.29, 1.82) is 0 Å². The van der Waals surface area contributed by atoms with Gasteiger partial charge in [0.1, 0.15) is 5.82 Å². The molecule has 1 aromatic carbocycles. The second-order valence-electron chi connectivity index (χ2n) is 5.14. The molecule has 0 saturated carbocycles. The third kappa shape index (κ3) is 4.15. The van der Waals surface area contributed by atoms with Gasteiger partial charge in [0, 0.05) is 30.9 Å². The van der Waals surface area contributed by atoms with Crippen LogP contribution in [0.3, 0.4) is 0 Å². The summed E-state index contributed by atoms with van der Waals surface area (Å²) in [5, 5.41) is 15.3. The van der Waals surface area contributed by atoms with E-state index in [1.54, 1.807) is 24.0 Å². The topological polar surface area (TPSA) is 84.2 Å². The largest absolute Gasteiger partial charge is 0.481 e. The molecule has 2 rings (SSSR count). The molecule has 6 nitrogen and oxygen atoms in total. The highest BCUT2D eigenvalue weighted by Gasteiger charge is 2.14. The standard InChI is InChI=1S/C16H18FN3O3/c1-3-14-13(9-20(2)19-14)10-6-11(8-12(17)7-10)16(23)18-5-4-15(21)22/h6-9H,3-5H2,1-2H3,(H,18,23)(H,21,22). The first-order valence-electron chi connectivity index (χ1n) is 7.24. The fourth-order valence-electron chi connectivity index (χ4n) is 2.30. The van der Waals surface area contributed by atoms with Crippen molar-refractivity contribution in [2.75, 3.05) is 6.54 Å². The summed E-state index contributed by atoms with van der Waals surface area (Å²) in [7, 11) is 1.78. The minimum atomic E-state index is -1.01. The number of halogens is 1. The number of aromatic nitrogens is 2. The van der Waals surface area contributed by atoms with Crippen LogP contribution >= 0.6 is 0 Å². The number of benzene rings is 1. The first kappa shape index (κ1) is 16.7. The van der Waals surface area contributed by atoms with Gasteiger partial charge in [0.05, 0.1) is 12.1 Å². The highest BCUT2D eigenvalue weighted by atomic mass is 19.1. The van der Waals surface area contributed by atoms with Gasteiger partial charge in [0.2, 0.25) is 0 Å². The van der Waals surface area contributed by atoms with Gasteiger partial charge in [-0.1, -0.05) is 6.92 Å². The molecule has 0 aliphatic carbocycles. The average molecular weight is 319 g/mol. The lowest BCUT2D eigenvalue weighted by Crippen LogP contribution is -2.26. The summed E-state index contributed by atoms with van der Waals surface area (Å²) in [5.41, 5.74) is 2.30. The SMILES string of the molecule is CCc1nn(C)cc1-c1cc(F)cc(C(=O)NCCC(=O)O)c1. The smallest absolute Gasteiger partial charge is 0.305 e. The van der Waals surface area contributed by atoms with Crippen LogP contribution in [0, 0.1) is 5.82 Å². The molecule has 0 fully saturated rings. The van der Waals surface area contributed by atoms with Crippen molar-refractivity contribution in [2.24, 2.45) is 7.05 Å². The number of carbonyl (C=O) groups excluding carboxylic acids is 1. The van der Waals surface area contributed by atoms with Crippen molar-refractivity contribution in [3.05, 3.63) is 41.5 Å². The molecular weight excluding hydrogens is 301 g/mol. The molecular formula is C16H18FN3O3. The molecule has 0 aliphatic rings. The molecule has 0 spiro atoms. The van der Waals surface area contributed by atoms with Gasteiger partial charge in [-0.25, -0.2) is 4.39 Å². The van der Waals surface area contributed by atoms with E-state index in [1.165, 1.54) is 6.07 Å². The number of aryl methyl sites for hydroxylation is 2. The second kappa shape index (κ2) is 7.04. The molecule has 0 saturated heterocycles. The van der Waals surface area contributed by atoms with Gasteiger partial charge in [-0.15, -0.1) is 0 Å². The minimum absolute atomic E-state index is 0.00683. The van der Waals surface area contributed by atoms with Crippen molar-refractivity contribution in [2.45, 2.75) is 19.8 Å². The molecule has 1 heterocycles. The van der Waals surface area contributed by atoms with Crippen LogP contribution in [0.1, 0.15) is 29.4 Å². The quantitative estimate of drug-likeness (QED) is 0.853. The van der Waals surface area contributed by atoms with E-state index in [0.29, 0.717) is 12.0 Å². The average Bonchev–Trinajstić information content (AvgIpc) is 2.87. The number of nitrogens with zero attached hydrogens (tertiary/aromatic N) is 2. The van der Waals surface area contributed by atoms with Crippen LogP contribution < -0.4 is 5.32 Å². The Balaban J connectivity index is 2.28. The Kier molecular flexibility index (Phi) is 5.10. The number of amides is 1. The molecule has 1 aromatic heterocycles. The Morgan fingerprint density at radius 1 is 1.35 bits per heavy atom. The molecule has 0 atom stereocenters. The number of rotatable bonds is 6. The number of carboxylic acids is 1. The van der Waals surface area contributed by atoms with Crippen LogP contribution in [0.5, 0.6) is 0 Å². The molecule has 2 aromatic rings. The summed E-state index contributed by atoms with van der Waals surface area (Å²) in [5.74, 6) is -2.04. The number of carbonyl (C=O) groups is 2. The van der Waals surface area contributed by atoms with E-state index in [4.69, 9.17) is 5.11 Å². The fraction of sp³-hybridized carbons (Fsp3) is 0.312. The molecule has 122 valence electrons. The molecule has 0 bridgehead atoms. The molecule has 7 heteroatoms. The molecule has 0 radical (unpaired) electrons. The van der Waals surface area contributed by atoms with Crippen molar-refractivity contribution in [3.8, 4) is 11.1 Å². The Bertz CT molecular complexity index is 740. The van der Waals surface area contributed by atoms with Crippen molar-refractivity contribution < 1.29 is 19.1 Å². The Hall–Kier alpha value is -2.70. The van der Waals surface area contributed by atoms with Gasteiger partial charge in [0.25, 0.3) is 5.91 Å². The third-order valence-electron chi connectivity index (χ3n) is 3.34. The van der Waals surface area contributed by atoms with Gasteiger partial charge in [-0.2, -0.15) is 5.10 Å². The second-order valence-corrected chi connectivity index (χ2v) is 5.14. The van der Waals surface area contributed by atoms with E-state index in [2.05, 4.69) is 10.4 Å². The van der Waals surface area contributed by atoms with E-state index in [1.807, 2.05) is 6.92 Å². The molecule has 0 unspecified atom stereocenters. The Morgan fingerprint density at radius 2 is 2.09 bits per heavy atom. The lowest BCUT2D eigenvalue weighted by atomic mass is 10.0. The predicted octanol–water partition coefficient (Wildman–Crippen LogP) is 1.99. The van der Waals surface area contributed by atoms with Gasteiger partial charge in [0.15, 0.2) is 0 Å². The maximum atomic E-state index is 13.9. The van der Waals surface area contributed by atoms with Crippen LogP contribution in [0.2, 0.25) is 0 Å². The minimum Gasteiger partial charge on any atom is -0.481 e. The van der Waals surface area contributed by atoms with Crippen molar-refractivity contribution >= 4 is 11.9 Å². The highest BCUT2D eigenvalue weighted by Crippen LogP contribution is 2.25. The number of aliphatic carboxylic acids is 1. The normalized spacial score (nSPS) is 10.6. The summed E-state index contributed by atoms with van der Waals surface area (Å²) >= 11 is 0. The first-order valence-corrected chi connectivity index (χ1v) is 7.24. The molecule has 23 heavy (non-hydrogen) atoms. The maximum Gasteiger partial charge on any atom is 0.305 e. The van der Waals surface area contributed by atoms with Gasteiger partial charge >= 0.3 is 5.97 Å². The van der Waals surface area contributed by atoms with Crippen LogP contribution in [0.4, 0.5) is 4.39 Å². The number of nitrogens with one attached hydrogen (secondary N) is 1. The summed E-state index contributed by atoms with van der Waals surface area (Å²) < 4.78 is 15.5. The van der Waals surface area contributed by atoms with Crippen LogP contribution in [-0.2, 0) is 18.3 Å². The van der Waals surface area contributed by atoms with Crippen molar-refractivity contribution in [3.63, 3.8) is 0 Å². The zero-order valence-electron chi connectivity index (χ0n) is 13.0. The van der Waals surface area contributed by atoms with E-state index in [-0.39, 0.29) is 18.5 Å². The van der Waals surface area contributed by atoms with E-state index >= 15 is 0 Å². The summed E-state index contributed by atoms with van der Waals surface area (Å²) in [6, 6.07) is 4.06. The lowest BCUT2D eigenvalue weighted by molar-refractivity contribution is -0.136. The summed E-state index contributed by atoms with van der Waals surface area (Å²) in [6.07, 6.45) is 2.28. The third-order valence-corrected chi connectivity index (χ3v) is 3.34. The summed E-state index contributed by atoms with van der Waals surface area (Å²) in [4.78, 5) is 22.5. The fourth-order valence-corrected chi connectivity index (χ4v) is 2.30. The van der Waals surface area contributed by atoms with E-state index in [0.717, 1.165) is 17.3 Å². The first-order chi connectivity index (χ1) is 10.9. The number of hydrogen-bond acceptors (Lipinski definition) is 3. The van der Waals surface area contributed by atoms with Crippen LogP contribution in [-0.4, -0.2) is 33.3 Å². The molecule has 2 N–H and O–H groups in total. The van der Waals surface area contributed by atoms with E-state index < -0.39 is 17.7 Å². The van der Waals surface area contributed by atoms with Gasteiger partial charge in [-0.05, 0) is 30.2 Å². The van der Waals surface area contributed by atoms with Gasteiger partial charge in [-0.3, -0.25) is 14.3 Å². The highest BCUT2D eigenvalue weighted by molar-refractivity contribution is 5.95. The number of hydrogen-bond donors (Lipinski definition) is 2. The maximum absolute atomic E-state index is 13.9. The lowest BCUT2D eigenvalue weighted by Gasteiger charge is -2.07. The zero-order chi connectivity index (χ0) is 17.0. The Morgan fingerprint density at radius 3 is 2.74 bits per heavy atom. The summed E-state index contributed by atoms with van der Waals surface area (Å²) in [6.45, 7) is 1.94. The van der Waals surface area contributed by atoms with Gasteiger partial charge < -0.3 is 10.4 Å². The van der Waals surface area contributed by atoms with Crippen LogP contribution in [0.25, 0.3) is 11.1 Å². The van der Waals surface area contributed by atoms with E-state index in [9.17, 15) is 14.0 Å². The molecule has 1 amide bonds. The molecule has 0 aliphatic heterocycles. The zero-order valence-corrected chi connectivity index (χ0v) is 13.0. The Labute approximate surface area is 132 Å². The van der Waals surface area contributed by atoms with Crippen molar-refractivity contribution in [1.82, 2.24) is 15.1 Å².